The minimum atomic E-state index is -0.158. The van der Waals surface area contributed by atoms with Crippen LogP contribution in [0.3, 0.4) is 0 Å². The second-order valence-electron chi connectivity index (χ2n) is 3.60. The average Bonchev–Trinajstić information content (AvgIpc) is 2.32. The summed E-state index contributed by atoms with van der Waals surface area (Å²) in [7, 11) is 0. The molecule has 1 aromatic carbocycles. The van der Waals surface area contributed by atoms with Gasteiger partial charge in [0.15, 0.2) is 0 Å². The second-order valence-corrected chi connectivity index (χ2v) is 4.04. The zero-order chi connectivity index (χ0) is 12.1. The van der Waals surface area contributed by atoms with Crippen LogP contribution in [-0.4, -0.2) is 16.5 Å². The maximum Gasteiger partial charge on any atom is 0.252 e. The van der Waals surface area contributed by atoms with E-state index in [4.69, 9.17) is 11.6 Å². The van der Waals surface area contributed by atoms with Gasteiger partial charge in [-0.2, -0.15) is 0 Å². The maximum atomic E-state index is 11.0. The molecule has 0 atom stereocenters. The van der Waals surface area contributed by atoms with Crippen molar-refractivity contribution in [3.63, 3.8) is 0 Å². The van der Waals surface area contributed by atoms with Crippen LogP contribution in [0.15, 0.2) is 41.5 Å². The standard InChI is InChI=1S/C12H12ClN3O/c13-10-3-1-9(2-4-10)5-6-14-11-7-12(17)16-8-15-11/h1-4,7-8H,5-6H2,(H2,14,15,16,17). The van der Waals surface area contributed by atoms with Gasteiger partial charge in [-0.3, -0.25) is 4.79 Å². The van der Waals surface area contributed by atoms with Crippen LogP contribution in [-0.2, 0) is 6.42 Å². The highest BCUT2D eigenvalue weighted by molar-refractivity contribution is 6.30. The molecule has 1 heterocycles. The van der Waals surface area contributed by atoms with E-state index >= 15 is 0 Å². The van der Waals surface area contributed by atoms with Gasteiger partial charge in [-0.1, -0.05) is 23.7 Å². The van der Waals surface area contributed by atoms with Crippen molar-refractivity contribution in [3.05, 3.63) is 57.6 Å². The molecule has 2 N–H and O–H groups in total. The topological polar surface area (TPSA) is 57.8 Å². The van der Waals surface area contributed by atoms with Gasteiger partial charge in [0.1, 0.15) is 5.82 Å². The van der Waals surface area contributed by atoms with E-state index in [2.05, 4.69) is 15.3 Å². The third-order valence-electron chi connectivity index (χ3n) is 2.31. The van der Waals surface area contributed by atoms with Gasteiger partial charge in [0.25, 0.3) is 5.56 Å². The Morgan fingerprint density at radius 1 is 1.29 bits per heavy atom. The molecule has 0 radical (unpaired) electrons. The monoisotopic (exact) mass is 249 g/mol. The van der Waals surface area contributed by atoms with Crippen LogP contribution in [0.5, 0.6) is 0 Å². The zero-order valence-corrected chi connectivity index (χ0v) is 9.87. The first-order valence-electron chi connectivity index (χ1n) is 5.27. The fourth-order valence-corrected chi connectivity index (χ4v) is 1.58. The number of anilines is 1. The first kappa shape index (κ1) is 11.7. The summed E-state index contributed by atoms with van der Waals surface area (Å²) in [6, 6.07) is 9.12. The lowest BCUT2D eigenvalue weighted by atomic mass is 10.1. The minimum Gasteiger partial charge on any atom is -0.370 e. The highest BCUT2D eigenvalue weighted by Crippen LogP contribution is 2.09. The van der Waals surface area contributed by atoms with Crippen molar-refractivity contribution in [3.8, 4) is 0 Å². The summed E-state index contributed by atoms with van der Waals surface area (Å²) in [4.78, 5) is 17.5. The van der Waals surface area contributed by atoms with Crippen LogP contribution in [0.2, 0.25) is 5.02 Å². The van der Waals surface area contributed by atoms with Crippen molar-refractivity contribution in [1.82, 2.24) is 9.97 Å². The average molecular weight is 250 g/mol. The first-order valence-corrected chi connectivity index (χ1v) is 5.65. The summed E-state index contributed by atoms with van der Waals surface area (Å²) < 4.78 is 0. The predicted molar refractivity (Wildman–Crippen MR) is 68.5 cm³/mol. The lowest BCUT2D eigenvalue weighted by Crippen LogP contribution is -2.11. The molecule has 4 nitrogen and oxygen atoms in total. The molecule has 5 heteroatoms. The molecule has 0 aliphatic heterocycles. The number of hydrogen-bond acceptors (Lipinski definition) is 3. The molecule has 0 unspecified atom stereocenters. The molecule has 0 saturated carbocycles. The van der Waals surface area contributed by atoms with Crippen molar-refractivity contribution < 1.29 is 0 Å². The molecule has 0 aliphatic carbocycles. The van der Waals surface area contributed by atoms with Crippen LogP contribution in [0, 0.1) is 0 Å². The van der Waals surface area contributed by atoms with E-state index in [1.807, 2.05) is 24.3 Å². The maximum absolute atomic E-state index is 11.0. The molecule has 0 spiro atoms. The molecule has 17 heavy (non-hydrogen) atoms. The van der Waals surface area contributed by atoms with Gasteiger partial charge in [-0.15, -0.1) is 0 Å². The van der Waals surface area contributed by atoms with Crippen molar-refractivity contribution in [2.75, 3.05) is 11.9 Å². The molecule has 2 aromatic rings. The Labute approximate surface area is 104 Å². The third kappa shape index (κ3) is 3.60. The molecule has 88 valence electrons. The van der Waals surface area contributed by atoms with E-state index in [9.17, 15) is 4.79 Å². The number of nitrogens with zero attached hydrogens (tertiary/aromatic N) is 1. The fourth-order valence-electron chi connectivity index (χ4n) is 1.45. The summed E-state index contributed by atoms with van der Waals surface area (Å²) in [5.41, 5.74) is 1.03. The van der Waals surface area contributed by atoms with E-state index in [1.54, 1.807) is 0 Å². The zero-order valence-electron chi connectivity index (χ0n) is 9.11. The Morgan fingerprint density at radius 3 is 2.76 bits per heavy atom. The number of H-pyrrole nitrogens is 1. The molecular formula is C12H12ClN3O. The highest BCUT2D eigenvalue weighted by atomic mass is 35.5. The Bertz CT molecular complexity index is 536. The Hall–Kier alpha value is -1.81. The smallest absolute Gasteiger partial charge is 0.252 e. The highest BCUT2D eigenvalue weighted by Gasteiger charge is 1.96. The number of halogens is 1. The Morgan fingerprint density at radius 2 is 2.06 bits per heavy atom. The summed E-state index contributed by atoms with van der Waals surface area (Å²) in [6.45, 7) is 0.720. The number of hydrogen-bond donors (Lipinski definition) is 2. The number of aromatic nitrogens is 2. The summed E-state index contributed by atoms with van der Waals surface area (Å²) >= 11 is 5.80. The molecule has 2 rings (SSSR count). The molecule has 0 bridgehead atoms. The van der Waals surface area contributed by atoms with E-state index in [1.165, 1.54) is 18.0 Å². The van der Waals surface area contributed by atoms with Crippen LogP contribution in [0.25, 0.3) is 0 Å². The number of benzene rings is 1. The van der Waals surface area contributed by atoms with Crippen LogP contribution < -0.4 is 10.9 Å². The molecule has 0 aliphatic rings. The molecule has 0 amide bonds. The Balaban J connectivity index is 1.87. The largest absolute Gasteiger partial charge is 0.370 e. The fraction of sp³-hybridized carbons (Fsp3) is 0.167. The summed E-state index contributed by atoms with van der Waals surface area (Å²) in [6.07, 6.45) is 2.23. The van der Waals surface area contributed by atoms with Crippen LogP contribution in [0.4, 0.5) is 5.82 Å². The first-order chi connectivity index (χ1) is 8.24. The van der Waals surface area contributed by atoms with E-state index in [0.717, 1.165) is 18.0 Å². The number of aromatic amines is 1. The molecular weight excluding hydrogens is 238 g/mol. The third-order valence-corrected chi connectivity index (χ3v) is 2.56. The van der Waals surface area contributed by atoms with Crippen molar-refractivity contribution in [1.29, 1.82) is 0 Å². The van der Waals surface area contributed by atoms with Crippen LogP contribution in [0.1, 0.15) is 5.56 Å². The van der Waals surface area contributed by atoms with Gasteiger partial charge >= 0.3 is 0 Å². The van der Waals surface area contributed by atoms with E-state index in [0.29, 0.717) is 5.82 Å². The molecule has 0 fully saturated rings. The Kier molecular flexibility index (Phi) is 3.77. The lowest BCUT2D eigenvalue weighted by molar-refractivity contribution is 0.994. The van der Waals surface area contributed by atoms with Gasteiger partial charge in [-0.25, -0.2) is 4.98 Å². The second kappa shape index (κ2) is 5.50. The minimum absolute atomic E-state index is 0.158. The van der Waals surface area contributed by atoms with Crippen LogP contribution >= 0.6 is 11.6 Å². The normalized spacial score (nSPS) is 10.2. The quantitative estimate of drug-likeness (QED) is 0.872. The van der Waals surface area contributed by atoms with Crippen molar-refractivity contribution >= 4 is 17.4 Å². The van der Waals surface area contributed by atoms with Gasteiger partial charge in [0.05, 0.1) is 6.33 Å². The summed E-state index contributed by atoms with van der Waals surface area (Å²) in [5.74, 6) is 0.586. The van der Waals surface area contributed by atoms with Gasteiger partial charge < -0.3 is 10.3 Å². The lowest BCUT2D eigenvalue weighted by Gasteiger charge is -2.04. The molecule has 0 saturated heterocycles. The van der Waals surface area contributed by atoms with Gasteiger partial charge in [-0.05, 0) is 24.1 Å². The molecule has 1 aromatic heterocycles. The van der Waals surface area contributed by atoms with Gasteiger partial charge in [0.2, 0.25) is 0 Å². The van der Waals surface area contributed by atoms with Crippen molar-refractivity contribution in [2.24, 2.45) is 0 Å². The predicted octanol–water partition coefficient (Wildman–Crippen LogP) is 2.08. The SMILES string of the molecule is O=c1cc(NCCc2ccc(Cl)cc2)nc[nH]1. The number of nitrogens with one attached hydrogen (secondary N) is 2. The van der Waals surface area contributed by atoms with Crippen molar-refractivity contribution in [2.45, 2.75) is 6.42 Å². The van der Waals surface area contributed by atoms with E-state index < -0.39 is 0 Å². The van der Waals surface area contributed by atoms with E-state index in [-0.39, 0.29) is 5.56 Å². The summed E-state index contributed by atoms with van der Waals surface area (Å²) in [5, 5.41) is 3.82. The number of rotatable bonds is 4. The van der Waals surface area contributed by atoms with Gasteiger partial charge in [0, 0.05) is 17.6 Å².